The lowest BCUT2D eigenvalue weighted by Crippen LogP contribution is -2.53. The van der Waals surface area contributed by atoms with Gasteiger partial charge in [-0.3, -0.25) is 29.9 Å². The van der Waals surface area contributed by atoms with Gasteiger partial charge in [0.1, 0.15) is 12.2 Å². The lowest BCUT2D eigenvalue weighted by atomic mass is 10.1. The first-order valence-electron chi connectivity index (χ1n) is 10.1. The summed E-state index contributed by atoms with van der Waals surface area (Å²) in [7, 11) is 0. The molecule has 1 N–H and O–H groups in total. The van der Waals surface area contributed by atoms with Crippen LogP contribution < -0.4 is 14.8 Å². The molecule has 34 heavy (non-hydrogen) atoms. The van der Waals surface area contributed by atoms with Gasteiger partial charge in [0.2, 0.25) is 0 Å². The molecule has 0 atom stereocenters. The number of nitrogens with one attached hydrogen (secondary N) is 1. The molecule has 9 nitrogen and oxygen atoms in total. The second kappa shape index (κ2) is 11.0. The Balaban J connectivity index is 1.91. The van der Waals surface area contributed by atoms with Gasteiger partial charge in [-0.25, -0.2) is 0 Å². The summed E-state index contributed by atoms with van der Waals surface area (Å²) >= 11 is 8.51. The summed E-state index contributed by atoms with van der Waals surface area (Å²) in [5.74, 6) is -0.384. The Morgan fingerprint density at radius 3 is 2.71 bits per heavy atom. The second-order valence-corrected chi connectivity index (χ2v) is 8.24. The van der Waals surface area contributed by atoms with Crippen molar-refractivity contribution in [1.82, 2.24) is 10.2 Å². The number of nitro benzene ring substituents is 1. The van der Waals surface area contributed by atoms with E-state index in [1.54, 1.807) is 31.2 Å². The Kier molecular flexibility index (Phi) is 8.13. The van der Waals surface area contributed by atoms with Crippen molar-refractivity contribution in [2.24, 2.45) is 0 Å². The van der Waals surface area contributed by atoms with Crippen molar-refractivity contribution >= 4 is 56.8 Å². The van der Waals surface area contributed by atoms with Crippen molar-refractivity contribution in [3.8, 4) is 11.5 Å². The monoisotopic (exact) mass is 545 g/mol. The average Bonchev–Trinajstić information content (AvgIpc) is 2.79. The van der Waals surface area contributed by atoms with Crippen LogP contribution in [0.3, 0.4) is 0 Å². The molecule has 11 heteroatoms. The van der Waals surface area contributed by atoms with Gasteiger partial charge in [0, 0.05) is 18.7 Å². The van der Waals surface area contributed by atoms with Crippen molar-refractivity contribution in [3.63, 3.8) is 0 Å². The summed E-state index contributed by atoms with van der Waals surface area (Å²) in [4.78, 5) is 37.0. The van der Waals surface area contributed by atoms with Crippen molar-refractivity contribution in [2.45, 2.75) is 13.5 Å². The Morgan fingerprint density at radius 2 is 2.03 bits per heavy atom. The largest absolute Gasteiger partial charge is 0.490 e. The number of carbonyl (C=O) groups excluding carboxylic acids is 2. The van der Waals surface area contributed by atoms with E-state index in [0.717, 1.165) is 0 Å². The average molecular weight is 546 g/mol. The topological polar surface area (TPSA) is 111 Å². The predicted octanol–water partition coefficient (Wildman–Crippen LogP) is 4.15. The SMILES string of the molecule is C=CCN1C(=O)/C(=C/c2cc(Br)c(OCc3cccc([N+](=O)[O-])c3)c(OCC)c2)C(=O)NC1=S. The molecule has 3 rings (SSSR count). The maximum Gasteiger partial charge on any atom is 0.269 e. The van der Waals surface area contributed by atoms with Gasteiger partial charge in [-0.2, -0.15) is 0 Å². The maximum absolute atomic E-state index is 12.8. The lowest BCUT2D eigenvalue weighted by Gasteiger charge is -2.27. The zero-order valence-corrected chi connectivity index (χ0v) is 20.5. The van der Waals surface area contributed by atoms with Crippen molar-refractivity contribution in [3.05, 3.63) is 80.3 Å². The Bertz CT molecular complexity index is 1210. The second-order valence-electron chi connectivity index (χ2n) is 7.00. The number of rotatable bonds is 9. The number of ether oxygens (including phenoxy) is 2. The molecule has 2 amide bonds. The number of hydrogen-bond donors (Lipinski definition) is 1. The third kappa shape index (κ3) is 5.67. The first-order chi connectivity index (χ1) is 16.2. The van der Waals surface area contributed by atoms with Crippen LogP contribution in [0.15, 0.2) is 59.1 Å². The highest BCUT2D eigenvalue weighted by molar-refractivity contribution is 9.10. The third-order valence-electron chi connectivity index (χ3n) is 4.64. The molecule has 0 aliphatic carbocycles. The number of carbonyl (C=O) groups is 2. The first-order valence-corrected chi connectivity index (χ1v) is 11.3. The standard InChI is InChI=1S/C23H20BrN3O6S/c1-3-8-26-22(29)17(21(28)25-23(26)34)10-15-11-18(24)20(19(12-15)32-4-2)33-13-14-6-5-7-16(9-14)27(30)31/h3,5-7,9-12H,1,4,8,13H2,2H3,(H,25,28,34)/b17-10+. The van der Waals surface area contributed by atoms with Crippen LogP contribution in [0, 0.1) is 10.1 Å². The zero-order valence-electron chi connectivity index (χ0n) is 18.1. The highest BCUT2D eigenvalue weighted by Crippen LogP contribution is 2.38. The fraction of sp³-hybridized carbons (Fsp3) is 0.174. The molecule has 176 valence electrons. The van der Waals surface area contributed by atoms with E-state index in [1.165, 1.54) is 29.2 Å². The molecule has 0 spiro atoms. The number of halogens is 1. The maximum atomic E-state index is 12.8. The lowest BCUT2D eigenvalue weighted by molar-refractivity contribution is -0.384. The van der Waals surface area contributed by atoms with E-state index in [1.807, 2.05) is 0 Å². The summed E-state index contributed by atoms with van der Waals surface area (Å²) < 4.78 is 12.1. The van der Waals surface area contributed by atoms with E-state index in [0.29, 0.717) is 33.7 Å². The number of amides is 2. The smallest absolute Gasteiger partial charge is 0.269 e. The zero-order chi connectivity index (χ0) is 24.8. The highest BCUT2D eigenvalue weighted by atomic mass is 79.9. The minimum atomic E-state index is -0.601. The van der Waals surface area contributed by atoms with Gasteiger partial charge in [-0.1, -0.05) is 18.2 Å². The molecule has 2 aromatic carbocycles. The third-order valence-corrected chi connectivity index (χ3v) is 5.56. The molecule has 0 unspecified atom stereocenters. The van der Waals surface area contributed by atoms with Gasteiger partial charge < -0.3 is 9.47 Å². The predicted molar refractivity (Wildman–Crippen MR) is 133 cm³/mol. The van der Waals surface area contributed by atoms with Crippen LogP contribution in [0.1, 0.15) is 18.1 Å². The van der Waals surface area contributed by atoms with Crippen LogP contribution in [0.5, 0.6) is 11.5 Å². The highest BCUT2D eigenvalue weighted by Gasteiger charge is 2.32. The number of nitrogens with zero attached hydrogens (tertiary/aromatic N) is 2. The molecule has 2 aromatic rings. The number of nitro groups is 1. The molecule has 0 aromatic heterocycles. The molecule has 1 heterocycles. The van der Waals surface area contributed by atoms with Crippen molar-refractivity contribution in [2.75, 3.05) is 13.2 Å². The Labute approximate surface area is 209 Å². The molecule has 0 radical (unpaired) electrons. The first kappa shape index (κ1) is 25.1. The Hall–Kier alpha value is -3.57. The molecule has 1 aliphatic heterocycles. The van der Waals surface area contributed by atoms with E-state index in [9.17, 15) is 19.7 Å². The van der Waals surface area contributed by atoms with Gasteiger partial charge >= 0.3 is 0 Å². The fourth-order valence-corrected chi connectivity index (χ4v) is 3.97. The Morgan fingerprint density at radius 1 is 1.26 bits per heavy atom. The summed E-state index contributed by atoms with van der Waals surface area (Å²) in [5, 5.41) is 13.5. The summed E-state index contributed by atoms with van der Waals surface area (Å²) in [5.41, 5.74) is 1.00. The van der Waals surface area contributed by atoms with Crippen molar-refractivity contribution < 1.29 is 24.0 Å². The van der Waals surface area contributed by atoms with Gasteiger partial charge in [0.25, 0.3) is 17.5 Å². The van der Waals surface area contributed by atoms with E-state index in [4.69, 9.17) is 21.7 Å². The van der Waals surface area contributed by atoms with Crippen LogP contribution in [-0.2, 0) is 16.2 Å². The minimum absolute atomic E-state index is 0.0214. The van der Waals surface area contributed by atoms with E-state index >= 15 is 0 Å². The summed E-state index contributed by atoms with van der Waals surface area (Å²) in [6, 6.07) is 9.43. The molecule has 1 aliphatic rings. The van der Waals surface area contributed by atoms with Gasteiger partial charge in [0.05, 0.1) is 16.0 Å². The molecular weight excluding hydrogens is 526 g/mol. The normalized spacial score (nSPS) is 14.7. The van der Waals surface area contributed by atoms with E-state index < -0.39 is 16.7 Å². The molecule has 0 bridgehead atoms. The number of thiocarbonyl (C=S) groups is 1. The van der Waals surface area contributed by atoms with E-state index in [-0.39, 0.29) is 29.5 Å². The molecule has 0 saturated carbocycles. The number of benzene rings is 2. The van der Waals surface area contributed by atoms with Gasteiger partial charge in [0.15, 0.2) is 16.6 Å². The summed E-state index contributed by atoms with van der Waals surface area (Å²) in [6.45, 7) is 5.96. The van der Waals surface area contributed by atoms with Crippen molar-refractivity contribution in [1.29, 1.82) is 0 Å². The van der Waals surface area contributed by atoms with Crippen LogP contribution in [-0.4, -0.2) is 39.9 Å². The van der Waals surface area contributed by atoms with Gasteiger partial charge in [-0.05, 0) is 64.4 Å². The molecular formula is C23H20BrN3O6S. The summed E-state index contributed by atoms with van der Waals surface area (Å²) in [6.07, 6.45) is 2.95. The molecule has 1 fully saturated rings. The quantitative estimate of drug-likeness (QED) is 0.126. The molecule has 1 saturated heterocycles. The number of hydrogen-bond acceptors (Lipinski definition) is 7. The van der Waals surface area contributed by atoms with Crippen LogP contribution in [0.25, 0.3) is 6.08 Å². The van der Waals surface area contributed by atoms with Crippen LogP contribution in [0.2, 0.25) is 0 Å². The van der Waals surface area contributed by atoms with E-state index in [2.05, 4.69) is 27.8 Å². The van der Waals surface area contributed by atoms with Gasteiger partial charge in [-0.15, -0.1) is 6.58 Å². The van der Waals surface area contributed by atoms with Crippen LogP contribution >= 0.6 is 28.1 Å². The fourth-order valence-electron chi connectivity index (χ4n) is 3.15. The number of non-ortho nitro benzene ring substituents is 1. The van der Waals surface area contributed by atoms with Crippen LogP contribution in [0.4, 0.5) is 5.69 Å². The minimum Gasteiger partial charge on any atom is -0.490 e.